The Morgan fingerprint density at radius 2 is 1.64 bits per heavy atom. The summed E-state index contributed by atoms with van der Waals surface area (Å²) >= 11 is 10.6. The van der Waals surface area contributed by atoms with E-state index in [1.165, 1.54) is 0 Å². The molecule has 0 aromatic heterocycles. The number of carboxylic acids is 2. The van der Waals surface area contributed by atoms with E-state index in [9.17, 15) is 9.59 Å². The van der Waals surface area contributed by atoms with Crippen LogP contribution in [0, 0.1) is 0 Å². The lowest BCUT2D eigenvalue weighted by molar-refractivity contribution is -0.143. The van der Waals surface area contributed by atoms with Gasteiger partial charge in [0.1, 0.15) is 5.25 Å². The second-order valence-electron chi connectivity index (χ2n) is 1.77. The highest BCUT2D eigenvalue weighted by Crippen LogP contribution is 2.28. The zero-order valence-electron chi connectivity index (χ0n) is 5.13. The van der Waals surface area contributed by atoms with Crippen LogP contribution in [0.3, 0.4) is 0 Å². The monoisotopic (exact) mass is 214 g/mol. The molecule has 0 rings (SSSR count). The molecule has 0 saturated heterocycles. The molecule has 0 saturated carbocycles. The van der Waals surface area contributed by atoms with Gasteiger partial charge in [-0.2, -0.15) is 12.6 Å². The van der Waals surface area contributed by atoms with Crippen molar-refractivity contribution >= 4 is 49.8 Å². The summed E-state index contributed by atoms with van der Waals surface area (Å²) in [5, 5.41) is 15.3. The topological polar surface area (TPSA) is 74.6 Å². The molecular formula is C4H6O4S3. The molecule has 0 amide bonds. The molecule has 1 unspecified atom stereocenters. The van der Waals surface area contributed by atoms with Crippen LogP contribution >= 0.6 is 37.9 Å². The van der Waals surface area contributed by atoms with Crippen LogP contribution in [0.5, 0.6) is 0 Å². The third-order valence-electron chi connectivity index (χ3n) is 0.930. The van der Waals surface area contributed by atoms with Crippen molar-refractivity contribution in [1.82, 2.24) is 0 Å². The molecule has 2 N–H and O–H groups in total. The molecule has 4 nitrogen and oxygen atoms in total. The lowest BCUT2D eigenvalue weighted by atomic mass is 10.3. The van der Waals surface area contributed by atoms with Gasteiger partial charge in [0.25, 0.3) is 0 Å². The van der Waals surface area contributed by atoms with Gasteiger partial charge >= 0.3 is 11.9 Å². The van der Waals surface area contributed by atoms with Gasteiger partial charge in [-0.1, -0.05) is 0 Å². The Morgan fingerprint density at radius 3 is 1.73 bits per heavy atom. The first-order valence-corrected chi connectivity index (χ1v) is 3.80. The predicted molar refractivity (Wildman–Crippen MR) is 48.7 cm³/mol. The molecule has 64 valence electrons. The van der Waals surface area contributed by atoms with Crippen molar-refractivity contribution < 1.29 is 19.8 Å². The molecule has 11 heavy (non-hydrogen) atoms. The summed E-state index contributed by atoms with van der Waals surface area (Å²) in [5.41, 5.74) is 0. The summed E-state index contributed by atoms with van der Waals surface area (Å²) < 4.78 is -1.95. The highest BCUT2D eigenvalue weighted by molar-refractivity contribution is 8.03. The number of thiol groups is 3. The fraction of sp³-hybridized carbons (Fsp3) is 0.500. The summed E-state index contributed by atoms with van der Waals surface area (Å²) in [6.45, 7) is 0. The third-order valence-corrected chi connectivity index (χ3v) is 2.84. The lowest BCUT2D eigenvalue weighted by Crippen LogP contribution is -2.41. The Bertz CT molecular complexity index is 190. The number of rotatable bonds is 3. The van der Waals surface area contributed by atoms with Gasteiger partial charge in [0.15, 0.2) is 4.08 Å². The van der Waals surface area contributed by atoms with Gasteiger partial charge in [-0.25, -0.2) is 4.79 Å². The minimum Gasteiger partial charge on any atom is -0.480 e. The van der Waals surface area contributed by atoms with Crippen molar-refractivity contribution in [3.8, 4) is 0 Å². The van der Waals surface area contributed by atoms with E-state index in [1.54, 1.807) is 0 Å². The van der Waals surface area contributed by atoms with Crippen LogP contribution < -0.4 is 0 Å². The first-order valence-electron chi connectivity index (χ1n) is 2.39. The van der Waals surface area contributed by atoms with Crippen LogP contribution in [0.1, 0.15) is 0 Å². The molecule has 7 heteroatoms. The van der Waals surface area contributed by atoms with E-state index in [0.717, 1.165) is 0 Å². The largest absolute Gasteiger partial charge is 0.480 e. The molecule has 0 aromatic rings. The van der Waals surface area contributed by atoms with E-state index < -0.39 is 21.3 Å². The first-order chi connectivity index (χ1) is 4.80. The molecule has 0 bridgehead atoms. The quantitative estimate of drug-likeness (QED) is 0.339. The number of hydrogen-bond donors (Lipinski definition) is 5. The van der Waals surface area contributed by atoms with Crippen LogP contribution in [0.25, 0.3) is 0 Å². The second-order valence-corrected chi connectivity index (χ2v) is 4.05. The molecule has 0 heterocycles. The van der Waals surface area contributed by atoms with Crippen molar-refractivity contribution in [1.29, 1.82) is 0 Å². The molecule has 0 aliphatic carbocycles. The highest BCUT2D eigenvalue weighted by atomic mass is 32.2. The zero-order valence-corrected chi connectivity index (χ0v) is 7.81. The summed E-state index contributed by atoms with van der Waals surface area (Å²) in [7, 11) is 0. The molecule has 0 fully saturated rings. The number of hydrogen-bond acceptors (Lipinski definition) is 5. The molecule has 0 aliphatic heterocycles. The summed E-state index contributed by atoms with van der Waals surface area (Å²) in [4.78, 5) is 20.5. The van der Waals surface area contributed by atoms with Gasteiger partial charge in [0, 0.05) is 0 Å². The fourth-order valence-corrected chi connectivity index (χ4v) is 0.620. The van der Waals surface area contributed by atoms with Gasteiger partial charge in [-0.15, -0.1) is 25.3 Å². The Labute approximate surface area is 79.2 Å². The molecule has 0 spiro atoms. The predicted octanol–water partition coefficient (Wildman–Crippen LogP) is 0.00990. The maximum Gasteiger partial charge on any atom is 0.331 e. The molecular weight excluding hydrogens is 208 g/mol. The van der Waals surface area contributed by atoms with E-state index in [1.807, 2.05) is 0 Å². The Kier molecular flexibility index (Phi) is 3.59. The van der Waals surface area contributed by atoms with Crippen LogP contribution in [0.15, 0.2) is 0 Å². The second kappa shape index (κ2) is 3.59. The van der Waals surface area contributed by atoms with Crippen molar-refractivity contribution in [2.45, 2.75) is 9.33 Å². The lowest BCUT2D eigenvalue weighted by Gasteiger charge is -2.20. The van der Waals surface area contributed by atoms with Gasteiger partial charge in [0.2, 0.25) is 0 Å². The normalized spacial score (nSPS) is 14.1. The van der Waals surface area contributed by atoms with E-state index in [0.29, 0.717) is 0 Å². The van der Waals surface area contributed by atoms with Crippen molar-refractivity contribution in [3.63, 3.8) is 0 Å². The average molecular weight is 214 g/mol. The van der Waals surface area contributed by atoms with Gasteiger partial charge in [0.05, 0.1) is 0 Å². The Balaban J connectivity index is 4.55. The smallest absolute Gasteiger partial charge is 0.331 e. The Hall–Kier alpha value is -0.0100. The maximum atomic E-state index is 10.3. The number of aliphatic carboxylic acids is 2. The van der Waals surface area contributed by atoms with Crippen molar-refractivity contribution in [2.24, 2.45) is 0 Å². The van der Waals surface area contributed by atoms with Crippen LogP contribution in [0.4, 0.5) is 0 Å². The minimum atomic E-state index is -1.95. The van der Waals surface area contributed by atoms with Crippen LogP contribution in [0.2, 0.25) is 0 Å². The van der Waals surface area contributed by atoms with Crippen LogP contribution in [-0.2, 0) is 9.59 Å². The molecule has 0 radical (unpaired) electrons. The SMILES string of the molecule is O=C(O)C(S)C(S)(S)C(=O)O. The minimum absolute atomic E-state index is 1.37. The van der Waals surface area contributed by atoms with Crippen molar-refractivity contribution in [3.05, 3.63) is 0 Å². The van der Waals surface area contributed by atoms with Gasteiger partial charge < -0.3 is 10.2 Å². The number of carboxylic acid groups (broad SMARTS) is 2. The molecule has 0 aromatic carbocycles. The van der Waals surface area contributed by atoms with E-state index >= 15 is 0 Å². The fourth-order valence-electron chi connectivity index (χ4n) is 0.289. The first kappa shape index (κ1) is 11.0. The maximum absolute atomic E-state index is 10.3. The summed E-state index contributed by atoms with van der Waals surface area (Å²) in [5.74, 6) is -2.81. The highest BCUT2D eigenvalue weighted by Gasteiger charge is 2.41. The van der Waals surface area contributed by atoms with E-state index in [2.05, 4.69) is 37.9 Å². The zero-order chi connectivity index (χ0) is 9.23. The number of carbonyl (C=O) groups is 2. The average Bonchev–Trinajstić information content (AvgIpc) is 1.85. The Morgan fingerprint density at radius 1 is 1.27 bits per heavy atom. The van der Waals surface area contributed by atoms with Gasteiger partial charge in [-0.3, -0.25) is 4.79 Å². The molecule has 1 atom stereocenters. The van der Waals surface area contributed by atoms with E-state index in [-0.39, 0.29) is 0 Å². The van der Waals surface area contributed by atoms with Crippen LogP contribution in [-0.4, -0.2) is 31.5 Å². The van der Waals surface area contributed by atoms with E-state index in [4.69, 9.17) is 10.2 Å². The molecule has 0 aliphatic rings. The third kappa shape index (κ3) is 2.49. The standard InChI is InChI=1S/C4H6O4S3/c5-2(6)1(9)4(10,11)3(7)8/h1,9-11H,(H,5,6)(H,7,8). The van der Waals surface area contributed by atoms with Crippen molar-refractivity contribution in [2.75, 3.05) is 0 Å². The summed E-state index contributed by atoms with van der Waals surface area (Å²) in [6, 6.07) is 0. The van der Waals surface area contributed by atoms with Gasteiger partial charge in [-0.05, 0) is 0 Å². The summed E-state index contributed by atoms with van der Waals surface area (Å²) in [6.07, 6.45) is 0.